The van der Waals surface area contributed by atoms with Crippen LogP contribution in [0, 0.1) is 0 Å². The van der Waals surface area contributed by atoms with Crippen LogP contribution in [0.3, 0.4) is 0 Å². The minimum atomic E-state index is -0.384. The molecule has 158 valence electrons. The Hall–Kier alpha value is -3.53. The molecule has 0 radical (unpaired) electrons. The van der Waals surface area contributed by atoms with Gasteiger partial charge in [-0.15, -0.1) is 22.0 Å². The Labute approximate surface area is 180 Å². The summed E-state index contributed by atoms with van der Waals surface area (Å²) in [7, 11) is 1.64. The third-order valence-electron chi connectivity index (χ3n) is 4.93. The van der Waals surface area contributed by atoms with Crippen LogP contribution in [0.1, 0.15) is 5.82 Å². The van der Waals surface area contributed by atoms with Gasteiger partial charge in [-0.25, -0.2) is 0 Å². The van der Waals surface area contributed by atoms with Crippen LogP contribution in [0.15, 0.2) is 52.2 Å². The first kappa shape index (κ1) is 19.4. The van der Waals surface area contributed by atoms with Gasteiger partial charge in [0.15, 0.2) is 23.9 Å². The third-order valence-corrected chi connectivity index (χ3v) is 5.89. The van der Waals surface area contributed by atoms with Crippen LogP contribution in [0.5, 0.6) is 11.5 Å². The molecule has 0 N–H and O–H groups in total. The van der Waals surface area contributed by atoms with Crippen LogP contribution < -0.4 is 15.0 Å². The van der Waals surface area contributed by atoms with E-state index < -0.39 is 0 Å². The molecule has 0 amide bonds. The van der Waals surface area contributed by atoms with Gasteiger partial charge in [-0.2, -0.15) is 0 Å². The Bertz CT molecular complexity index is 1360. The second-order valence-corrected chi connectivity index (χ2v) is 7.94. The highest BCUT2D eigenvalue weighted by Crippen LogP contribution is 2.34. The van der Waals surface area contributed by atoms with Crippen molar-refractivity contribution in [1.82, 2.24) is 19.2 Å². The normalized spacial score (nSPS) is 12.9. The van der Waals surface area contributed by atoms with Gasteiger partial charge in [-0.1, -0.05) is 12.1 Å². The number of benzene rings is 2. The molecule has 0 aliphatic carbocycles. The quantitative estimate of drug-likeness (QED) is 0.346. The maximum atomic E-state index is 12.5. The maximum Gasteiger partial charge on any atom is 0.316 e. The lowest BCUT2D eigenvalue weighted by atomic mass is 10.2. The number of ether oxygens (including phenoxy) is 3. The zero-order chi connectivity index (χ0) is 21.4. The average molecular weight is 438 g/mol. The number of hydrogen-bond acceptors (Lipinski definition) is 8. The molecule has 31 heavy (non-hydrogen) atoms. The fraction of sp³-hybridized carbons (Fsp3) is 0.238. The van der Waals surface area contributed by atoms with Gasteiger partial charge in [0.05, 0.1) is 16.7 Å². The van der Waals surface area contributed by atoms with Gasteiger partial charge in [0, 0.05) is 11.9 Å². The number of carbonyl (C=O) groups is 1. The number of para-hydroxylation sites is 1. The Kier molecular flexibility index (Phi) is 4.99. The molecule has 9 nitrogen and oxygen atoms in total. The van der Waals surface area contributed by atoms with Crippen LogP contribution in [0.2, 0.25) is 0 Å². The predicted molar refractivity (Wildman–Crippen MR) is 114 cm³/mol. The summed E-state index contributed by atoms with van der Waals surface area (Å²) in [6.45, 7) is 0.992. The molecule has 1 aliphatic rings. The van der Waals surface area contributed by atoms with E-state index in [0.29, 0.717) is 47.2 Å². The molecule has 4 aromatic rings. The molecule has 10 heteroatoms. The van der Waals surface area contributed by atoms with Crippen molar-refractivity contribution >= 4 is 34.4 Å². The predicted octanol–water partition coefficient (Wildman–Crippen LogP) is 2.19. The molecule has 1 aliphatic heterocycles. The molecule has 0 atom stereocenters. The fourth-order valence-corrected chi connectivity index (χ4v) is 4.15. The third kappa shape index (κ3) is 3.59. The fourth-order valence-electron chi connectivity index (χ4n) is 3.43. The molecule has 2 aromatic carbocycles. The van der Waals surface area contributed by atoms with Gasteiger partial charge in [0.2, 0.25) is 5.78 Å². The second-order valence-electron chi connectivity index (χ2n) is 6.89. The largest absolute Gasteiger partial charge is 0.486 e. The van der Waals surface area contributed by atoms with Crippen molar-refractivity contribution in [1.29, 1.82) is 0 Å². The van der Waals surface area contributed by atoms with Crippen molar-refractivity contribution in [3.8, 4) is 11.5 Å². The summed E-state index contributed by atoms with van der Waals surface area (Å²) in [5.74, 6) is 1.97. The standard InChI is InChI=1S/C21H18N4O5S/c1-24-20(27)14-4-2-3-5-15(14)25-18(22-23-21(24)25)11-30-19(26)12-31-13-6-7-16-17(10-13)29-9-8-28-16/h2-7,10H,8-9,11-12H2,1H3. The van der Waals surface area contributed by atoms with E-state index in [4.69, 9.17) is 14.2 Å². The van der Waals surface area contributed by atoms with E-state index in [1.54, 1.807) is 23.6 Å². The first-order valence-electron chi connectivity index (χ1n) is 9.61. The van der Waals surface area contributed by atoms with Crippen LogP contribution in [-0.2, 0) is 23.2 Å². The lowest BCUT2D eigenvalue weighted by Gasteiger charge is -2.18. The van der Waals surface area contributed by atoms with E-state index in [9.17, 15) is 9.59 Å². The van der Waals surface area contributed by atoms with Gasteiger partial charge in [-0.05, 0) is 30.3 Å². The molecular formula is C21H18N4O5S. The lowest BCUT2D eigenvalue weighted by molar-refractivity contribution is -0.141. The van der Waals surface area contributed by atoms with Crippen molar-refractivity contribution in [2.24, 2.45) is 7.05 Å². The zero-order valence-electron chi connectivity index (χ0n) is 16.6. The summed E-state index contributed by atoms with van der Waals surface area (Å²) in [6.07, 6.45) is 0. The first-order valence-corrected chi connectivity index (χ1v) is 10.6. The zero-order valence-corrected chi connectivity index (χ0v) is 17.4. The average Bonchev–Trinajstić information content (AvgIpc) is 3.24. The summed E-state index contributed by atoms with van der Waals surface area (Å²) in [6, 6.07) is 12.8. The smallest absolute Gasteiger partial charge is 0.316 e. The van der Waals surface area contributed by atoms with Crippen molar-refractivity contribution in [3.63, 3.8) is 0 Å². The monoisotopic (exact) mass is 438 g/mol. The summed E-state index contributed by atoms with van der Waals surface area (Å²) >= 11 is 1.35. The van der Waals surface area contributed by atoms with E-state index in [-0.39, 0.29) is 23.9 Å². The van der Waals surface area contributed by atoms with Crippen molar-refractivity contribution in [3.05, 3.63) is 58.6 Å². The molecule has 3 heterocycles. The molecular weight excluding hydrogens is 420 g/mol. The molecule has 0 unspecified atom stereocenters. The highest BCUT2D eigenvalue weighted by molar-refractivity contribution is 8.00. The number of nitrogens with zero attached hydrogens (tertiary/aromatic N) is 4. The second kappa shape index (κ2) is 7.95. The number of aromatic nitrogens is 4. The molecule has 2 aromatic heterocycles. The molecule has 0 spiro atoms. The highest BCUT2D eigenvalue weighted by Gasteiger charge is 2.16. The van der Waals surface area contributed by atoms with E-state index in [1.807, 2.05) is 30.3 Å². The van der Waals surface area contributed by atoms with E-state index in [2.05, 4.69) is 10.2 Å². The number of esters is 1. The van der Waals surface area contributed by atoms with Gasteiger partial charge < -0.3 is 14.2 Å². The van der Waals surface area contributed by atoms with Gasteiger partial charge in [-0.3, -0.25) is 18.6 Å². The van der Waals surface area contributed by atoms with Crippen molar-refractivity contribution in [2.45, 2.75) is 11.5 Å². The number of carbonyl (C=O) groups excluding carboxylic acids is 1. The van der Waals surface area contributed by atoms with E-state index in [0.717, 1.165) is 4.90 Å². The Morgan fingerprint density at radius 1 is 1.13 bits per heavy atom. The Balaban J connectivity index is 1.30. The molecule has 0 saturated heterocycles. The van der Waals surface area contributed by atoms with Crippen LogP contribution in [0.25, 0.3) is 16.7 Å². The number of thioether (sulfide) groups is 1. The van der Waals surface area contributed by atoms with E-state index in [1.165, 1.54) is 16.3 Å². The number of rotatable bonds is 5. The number of aryl methyl sites for hydroxylation is 1. The van der Waals surface area contributed by atoms with Crippen LogP contribution >= 0.6 is 11.8 Å². The minimum Gasteiger partial charge on any atom is -0.486 e. The Morgan fingerprint density at radius 2 is 1.94 bits per heavy atom. The van der Waals surface area contributed by atoms with Crippen molar-refractivity contribution in [2.75, 3.05) is 19.0 Å². The number of fused-ring (bicyclic) bond motifs is 4. The van der Waals surface area contributed by atoms with Crippen molar-refractivity contribution < 1.29 is 19.0 Å². The van der Waals surface area contributed by atoms with Crippen LogP contribution in [0.4, 0.5) is 0 Å². The van der Waals surface area contributed by atoms with Gasteiger partial charge >= 0.3 is 5.97 Å². The molecule has 0 saturated carbocycles. The minimum absolute atomic E-state index is 0.0517. The lowest BCUT2D eigenvalue weighted by Crippen LogP contribution is -2.20. The summed E-state index contributed by atoms with van der Waals surface area (Å²) < 4.78 is 19.7. The SMILES string of the molecule is Cn1c(=O)c2ccccc2n2c(COC(=O)CSc3ccc4c(c3)OCCO4)nnc12. The molecule has 5 rings (SSSR count). The highest BCUT2D eigenvalue weighted by atomic mass is 32.2. The van der Waals surface area contributed by atoms with Crippen LogP contribution in [-0.4, -0.2) is 44.1 Å². The first-order chi connectivity index (χ1) is 15.1. The number of hydrogen-bond donors (Lipinski definition) is 0. The summed E-state index contributed by atoms with van der Waals surface area (Å²) in [5.41, 5.74) is 0.511. The topological polar surface area (TPSA) is 97.0 Å². The summed E-state index contributed by atoms with van der Waals surface area (Å²) in [5, 5.41) is 8.76. The summed E-state index contributed by atoms with van der Waals surface area (Å²) in [4.78, 5) is 25.7. The Morgan fingerprint density at radius 3 is 2.81 bits per heavy atom. The van der Waals surface area contributed by atoms with Gasteiger partial charge in [0.25, 0.3) is 5.56 Å². The molecule has 0 fully saturated rings. The van der Waals surface area contributed by atoms with Gasteiger partial charge in [0.1, 0.15) is 13.2 Å². The van der Waals surface area contributed by atoms with E-state index >= 15 is 0 Å². The molecule has 0 bridgehead atoms. The maximum absolute atomic E-state index is 12.5.